The molecule has 1 aromatic rings. The molecule has 0 bridgehead atoms. The number of carbonyl (C=O) groups is 4. The van der Waals surface area contributed by atoms with Gasteiger partial charge in [-0.3, -0.25) is 14.4 Å². The lowest BCUT2D eigenvalue weighted by Crippen LogP contribution is -2.57. The van der Waals surface area contributed by atoms with Crippen LogP contribution in [0.25, 0.3) is 0 Å². The van der Waals surface area contributed by atoms with Gasteiger partial charge in [0, 0.05) is 24.2 Å². The average molecular weight is 492 g/mol. The van der Waals surface area contributed by atoms with Crippen LogP contribution in [0.5, 0.6) is 0 Å². The number of nitrogens with two attached hydrogens (primary N) is 1. The van der Waals surface area contributed by atoms with E-state index in [1.54, 1.807) is 31.2 Å². The minimum absolute atomic E-state index is 0.00353. The molecule has 35 heavy (non-hydrogen) atoms. The average Bonchev–Trinajstić information content (AvgIpc) is 2.77. The Balaban J connectivity index is 2.89. The van der Waals surface area contributed by atoms with Crippen molar-refractivity contribution in [2.75, 3.05) is 11.9 Å². The van der Waals surface area contributed by atoms with Gasteiger partial charge in [-0.15, -0.1) is 0 Å². The maximum atomic E-state index is 13.1. The summed E-state index contributed by atoms with van der Waals surface area (Å²) in [5.74, 6) is -0.928. The molecule has 0 aromatic heterocycles. The van der Waals surface area contributed by atoms with E-state index in [0.29, 0.717) is 24.9 Å². The number of esters is 1. The second-order valence-corrected chi connectivity index (χ2v) is 9.81. The van der Waals surface area contributed by atoms with Gasteiger partial charge in [0.1, 0.15) is 12.6 Å². The molecule has 0 aliphatic carbocycles. The molecule has 0 radical (unpaired) electrons. The van der Waals surface area contributed by atoms with Crippen LogP contribution in [0.15, 0.2) is 24.3 Å². The third-order valence-corrected chi connectivity index (χ3v) is 5.05. The first kappa shape index (κ1) is 29.9. The molecule has 2 atom stereocenters. The number of benzene rings is 1. The molecule has 1 rings (SSSR count). The highest BCUT2D eigenvalue weighted by atomic mass is 16.5. The standard InChI is InChI=1S/C25H41N5O5/c1-7-20(31)35-15-17-10-12-18(13-11-17)28-22(32)19(9-8-14-27-24(26)34)29-23(33)21(16(2)3)30-25(4,5)6/h10-13,16,19,21,30H,7-9,14-15H2,1-6H3,(H,28,32)(H,29,33)(H3,26,27,34)/t19-,21-/m0/s1. The highest BCUT2D eigenvalue weighted by molar-refractivity contribution is 5.97. The fourth-order valence-electron chi connectivity index (χ4n) is 3.23. The third-order valence-electron chi connectivity index (χ3n) is 5.05. The molecule has 0 unspecified atom stereocenters. The largest absolute Gasteiger partial charge is 0.461 e. The molecule has 0 saturated carbocycles. The van der Waals surface area contributed by atoms with Gasteiger partial charge >= 0.3 is 12.0 Å². The number of nitrogens with one attached hydrogen (secondary N) is 4. The first-order valence-electron chi connectivity index (χ1n) is 12.0. The minimum Gasteiger partial charge on any atom is -0.461 e. The molecule has 0 spiro atoms. The fourth-order valence-corrected chi connectivity index (χ4v) is 3.23. The number of amides is 4. The zero-order valence-electron chi connectivity index (χ0n) is 21.7. The van der Waals surface area contributed by atoms with E-state index in [1.165, 1.54) is 0 Å². The van der Waals surface area contributed by atoms with Crippen LogP contribution >= 0.6 is 0 Å². The predicted octanol–water partition coefficient (Wildman–Crippen LogP) is 2.42. The van der Waals surface area contributed by atoms with Crippen molar-refractivity contribution in [2.45, 2.75) is 85.0 Å². The number of hydrogen-bond acceptors (Lipinski definition) is 6. The summed E-state index contributed by atoms with van der Waals surface area (Å²) in [6.45, 7) is 12.0. The van der Waals surface area contributed by atoms with Crippen LogP contribution in [0.4, 0.5) is 10.5 Å². The molecule has 4 amide bonds. The Hall–Kier alpha value is -3.14. The van der Waals surface area contributed by atoms with Crippen molar-refractivity contribution in [2.24, 2.45) is 11.7 Å². The van der Waals surface area contributed by atoms with Crippen molar-refractivity contribution in [3.05, 3.63) is 29.8 Å². The zero-order chi connectivity index (χ0) is 26.6. The lowest BCUT2D eigenvalue weighted by atomic mass is 9.98. The third kappa shape index (κ3) is 12.2. The first-order valence-corrected chi connectivity index (χ1v) is 12.0. The monoisotopic (exact) mass is 491 g/mol. The smallest absolute Gasteiger partial charge is 0.312 e. The van der Waals surface area contributed by atoms with Crippen LogP contribution in [0, 0.1) is 5.92 Å². The Morgan fingerprint density at radius 2 is 1.66 bits per heavy atom. The van der Waals surface area contributed by atoms with Gasteiger partial charge in [-0.25, -0.2) is 4.79 Å². The molecular formula is C25H41N5O5. The molecule has 0 saturated heterocycles. The molecule has 196 valence electrons. The van der Waals surface area contributed by atoms with Crippen LogP contribution in [-0.4, -0.2) is 48.0 Å². The minimum atomic E-state index is -0.814. The van der Waals surface area contributed by atoms with E-state index in [0.717, 1.165) is 5.56 Å². The molecule has 0 fully saturated rings. The molecule has 6 N–H and O–H groups in total. The summed E-state index contributed by atoms with van der Waals surface area (Å²) in [6, 6.07) is 4.98. The van der Waals surface area contributed by atoms with Gasteiger partial charge in [-0.2, -0.15) is 0 Å². The van der Waals surface area contributed by atoms with Crippen LogP contribution in [0.1, 0.15) is 66.4 Å². The number of hydrogen-bond donors (Lipinski definition) is 5. The van der Waals surface area contributed by atoms with Gasteiger partial charge in [-0.05, 0) is 57.2 Å². The van der Waals surface area contributed by atoms with E-state index < -0.39 is 18.1 Å². The van der Waals surface area contributed by atoms with E-state index >= 15 is 0 Å². The van der Waals surface area contributed by atoms with Crippen molar-refractivity contribution >= 4 is 29.5 Å². The second-order valence-electron chi connectivity index (χ2n) is 9.81. The Bertz CT molecular complexity index is 849. The molecule has 10 nitrogen and oxygen atoms in total. The van der Waals surface area contributed by atoms with Crippen molar-refractivity contribution in [1.29, 1.82) is 0 Å². The van der Waals surface area contributed by atoms with E-state index in [2.05, 4.69) is 21.3 Å². The van der Waals surface area contributed by atoms with Gasteiger partial charge in [-0.1, -0.05) is 32.9 Å². The Labute approximate surface area is 208 Å². The van der Waals surface area contributed by atoms with E-state index in [-0.39, 0.29) is 42.4 Å². The SMILES string of the molecule is CCC(=O)OCc1ccc(NC(=O)[C@H](CCCNC(N)=O)NC(=O)[C@@H](NC(C)(C)C)C(C)C)cc1. The molecule has 0 aliphatic heterocycles. The number of carbonyl (C=O) groups excluding carboxylic acids is 4. The summed E-state index contributed by atoms with van der Waals surface area (Å²) in [5.41, 5.74) is 6.15. The van der Waals surface area contributed by atoms with Crippen LogP contribution in [0.2, 0.25) is 0 Å². The summed E-state index contributed by atoms with van der Waals surface area (Å²) in [4.78, 5) is 48.4. The van der Waals surface area contributed by atoms with Gasteiger partial charge in [0.15, 0.2) is 0 Å². The summed E-state index contributed by atoms with van der Waals surface area (Å²) >= 11 is 0. The van der Waals surface area contributed by atoms with E-state index in [9.17, 15) is 19.2 Å². The summed E-state index contributed by atoms with van der Waals surface area (Å²) in [5, 5.41) is 11.5. The van der Waals surface area contributed by atoms with Crippen LogP contribution in [-0.2, 0) is 25.7 Å². The zero-order valence-corrected chi connectivity index (χ0v) is 21.7. The summed E-state index contributed by atoms with van der Waals surface area (Å²) in [7, 11) is 0. The Morgan fingerprint density at radius 1 is 1.03 bits per heavy atom. The maximum absolute atomic E-state index is 13.1. The van der Waals surface area contributed by atoms with Crippen LogP contribution in [0.3, 0.4) is 0 Å². The summed E-state index contributed by atoms with van der Waals surface area (Å²) < 4.78 is 5.11. The molecule has 0 heterocycles. The van der Waals surface area contributed by atoms with Gasteiger partial charge in [0.2, 0.25) is 11.8 Å². The summed E-state index contributed by atoms with van der Waals surface area (Å²) in [6.07, 6.45) is 1.06. The highest BCUT2D eigenvalue weighted by Gasteiger charge is 2.30. The molecule has 0 aliphatic rings. The lowest BCUT2D eigenvalue weighted by molar-refractivity contribution is -0.144. The predicted molar refractivity (Wildman–Crippen MR) is 135 cm³/mol. The maximum Gasteiger partial charge on any atom is 0.312 e. The van der Waals surface area contributed by atoms with Gasteiger partial charge in [0.05, 0.1) is 6.04 Å². The lowest BCUT2D eigenvalue weighted by Gasteiger charge is -2.31. The second kappa shape index (κ2) is 14.3. The normalized spacial score (nSPS) is 13.0. The van der Waals surface area contributed by atoms with Crippen molar-refractivity contribution < 1.29 is 23.9 Å². The van der Waals surface area contributed by atoms with E-state index in [1.807, 2.05) is 34.6 Å². The molecular weight excluding hydrogens is 450 g/mol. The fraction of sp³-hybridized carbons (Fsp3) is 0.600. The van der Waals surface area contributed by atoms with Gasteiger partial charge < -0.3 is 31.7 Å². The quantitative estimate of drug-likeness (QED) is 0.211. The Morgan fingerprint density at radius 3 is 2.17 bits per heavy atom. The molecule has 1 aromatic carbocycles. The van der Waals surface area contributed by atoms with Crippen LogP contribution < -0.4 is 27.0 Å². The van der Waals surface area contributed by atoms with Crippen molar-refractivity contribution in [3.63, 3.8) is 0 Å². The number of rotatable bonds is 13. The molecule has 10 heteroatoms. The van der Waals surface area contributed by atoms with Crippen molar-refractivity contribution in [1.82, 2.24) is 16.0 Å². The van der Waals surface area contributed by atoms with E-state index in [4.69, 9.17) is 10.5 Å². The Kier molecular flexibility index (Phi) is 12.2. The number of ether oxygens (including phenoxy) is 1. The van der Waals surface area contributed by atoms with Crippen molar-refractivity contribution in [3.8, 4) is 0 Å². The number of anilines is 1. The topological polar surface area (TPSA) is 152 Å². The number of urea groups is 1. The number of primary amides is 1. The highest BCUT2D eigenvalue weighted by Crippen LogP contribution is 2.13. The van der Waals surface area contributed by atoms with Gasteiger partial charge in [0.25, 0.3) is 0 Å². The first-order chi connectivity index (χ1) is 16.3.